The van der Waals surface area contributed by atoms with E-state index in [1.54, 1.807) is 0 Å². The average Bonchev–Trinajstić information content (AvgIpc) is 2.41. The summed E-state index contributed by atoms with van der Waals surface area (Å²) in [5.41, 5.74) is 5.77. The molecule has 2 amide bonds. The number of nitrogens with two attached hydrogens (primary N) is 1. The molecule has 2 heterocycles. The molecular formula is C12H14N4O4. The van der Waals surface area contributed by atoms with E-state index in [1.807, 2.05) is 0 Å². The lowest BCUT2D eigenvalue weighted by molar-refractivity contribution is -0.146. The second-order valence-electron chi connectivity index (χ2n) is 4.47. The Bertz CT molecular complexity index is 587. The number of nitrogens with one attached hydrogen (secondary N) is 1. The molecule has 1 aliphatic heterocycles. The number of hydrogen-bond donors (Lipinski definition) is 3. The molecule has 106 valence electrons. The summed E-state index contributed by atoms with van der Waals surface area (Å²) in [5, 5.41) is 11.7. The summed E-state index contributed by atoms with van der Waals surface area (Å²) < 4.78 is 0. The number of piperidine rings is 1. The molecule has 1 unspecified atom stereocenters. The van der Waals surface area contributed by atoms with E-state index in [0.717, 1.165) is 4.90 Å². The van der Waals surface area contributed by atoms with Crippen molar-refractivity contribution in [2.24, 2.45) is 0 Å². The van der Waals surface area contributed by atoms with Crippen LogP contribution in [0.4, 0.5) is 11.5 Å². The Balaban J connectivity index is 2.21. The Kier molecular flexibility index (Phi) is 3.55. The quantitative estimate of drug-likeness (QED) is 0.660. The van der Waals surface area contributed by atoms with Crippen LogP contribution >= 0.6 is 0 Å². The highest BCUT2D eigenvalue weighted by molar-refractivity contribution is 6.01. The summed E-state index contributed by atoms with van der Waals surface area (Å²) in [4.78, 5) is 39.1. The van der Waals surface area contributed by atoms with Gasteiger partial charge in [-0.15, -0.1) is 0 Å². The third kappa shape index (κ3) is 2.53. The number of carbonyl (C=O) groups is 3. The predicted octanol–water partition coefficient (Wildman–Crippen LogP) is -0.0787. The molecule has 1 aromatic rings. The fraction of sp³-hybridized carbons (Fsp3) is 0.333. The van der Waals surface area contributed by atoms with Crippen LogP contribution < -0.4 is 11.1 Å². The third-order valence-corrected chi connectivity index (χ3v) is 3.11. The molecule has 8 heteroatoms. The second kappa shape index (κ2) is 5.16. The molecule has 4 N–H and O–H groups in total. The average molecular weight is 278 g/mol. The fourth-order valence-electron chi connectivity index (χ4n) is 1.92. The van der Waals surface area contributed by atoms with Crippen molar-refractivity contribution in [3.8, 4) is 0 Å². The van der Waals surface area contributed by atoms with Gasteiger partial charge >= 0.3 is 5.97 Å². The molecule has 1 atom stereocenters. The molecule has 0 aliphatic carbocycles. The molecule has 0 saturated carbocycles. The number of rotatable bonds is 3. The van der Waals surface area contributed by atoms with E-state index in [2.05, 4.69) is 10.3 Å². The molecule has 8 nitrogen and oxygen atoms in total. The van der Waals surface area contributed by atoms with Gasteiger partial charge in [0.2, 0.25) is 5.91 Å². The lowest BCUT2D eigenvalue weighted by Crippen LogP contribution is -2.48. The van der Waals surface area contributed by atoms with Crippen LogP contribution in [0.25, 0.3) is 0 Å². The van der Waals surface area contributed by atoms with Gasteiger partial charge in [0.05, 0.1) is 5.69 Å². The maximum absolute atomic E-state index is 11.9. The minimum atomic E-state index is -1.18. The minimum absolute atomic E-state index is 0.131. The number of likely N-dealkylation sites (tertiary alicyclic amines) is 1. The normalized spacial score (nSPS) is 19.1. The Morgan fingerprint density at radius 1 is 1.50 bits per heavy atom. The molecule has 1 aliphatic rings. The number of anilines is 2. The van der Waals surface area contributed by atoms with Crippen molar-refractivity contribution >= 4 is 29.3 Å². The van der Waals surface area contributed by atoms with Crippen molar-refractivity contribution in [1.29, 1.82) is 0 Å². The number of pyridine rings is 1. The highest BCUT2D eigenvalue weighted by atomic mass is 16.4. The first-order chi connectivity index (χ1) is 9.40. The molecule has 2 rings (SSSR count). The van der Waals surface area contributed by atoms with Gasteiger partial charge in [-0.25, -0.2) is 9.78 Å². The van der Waals surface area contributed by atoms with Crippen molar-refractivity contribution in [3.63, 3.8) is 0 Å². The van der Waals surface area contributed by atoms with Crippen LogP contribution in [0.2, 0.25) is 0 Å². The lowest BCUT2D eigenvalue weighted by atomic mass is 10.0. The number of amides is 2. The lowest BCUT2D eigenvalue weighted by Gasteiger charge is -2.28. The molecule has 0 aromatic carbocycles. The van der Waals surface area contributed by atoms with Gasteiger partial charge in [0.1, 0.15) is 6.04 Å². The van der Waals surface area contributed by atoms with Gasteiger partial charge in [0, 0.05) is 13.5 Å². The van der Waals surface area contributed by atoms with E-state index < -0.39 is 12.0 Å². The van der Waals surface area contributed by atoms with Crippen LogP contribution in [0.3, 0.4) is 0 Å². The Morgan fingerprint density at radius 2 is 2.20 bits per heavy atom. The highest BCUT2D eigenvalue weighted by Crippen LogP contribution is 2.21. The first kappa shape index (κ1) is 13.8. The number of likely N-dealkylation sites (N-methyl/N-ethyl adjacent to an activating group) is 1. The van der Waals surface area contributed by atoms with Crippen molar-refractivity contribution in [2.75, 3.05) is 18.1 Å². The van der Waals surface area contributed by atoms with Crippen molar-refractivity contribution in [1.82, 2.24) is 9.88 Å². The maximum atomic E-state index is 11.9. The number of nitrogen functional groups attached to an aromatic ring is 1. The van der Waals surface area contributed by atoms with Crippen molar-refractivity contribution in [2.45, 2.75) is 18.9 Å². The number of nitrogens with zero attached hydrogens (tertiary/aromatic N) is 2. The van der Waals surface area contributed by atoms with Gasteiger partial charge in [0.25, 0.3) is 5.91 Å². The number of carbonyl (C=O) groups excluding carboxylic acids is 2. The smallest absolute Gasteiger partial charge is 0.354 e. The summed E-state index contributed by atoms with van der Waals surface area (Å²) >= 11 is 0. The Morgan fingerprint density at radius 3 is 2.85 bits per heavy atom. The molecule has 0 bridgehead atoms. The largest absolute Gasteiger partial charge is 0.477 e. The van der Waals surface area contributed by atoms with E-state index in [-0.39, 0.29) is 35.4 Å². The summed E-state index contributed by atoms with van der Waals surface area (Å²) in [7, 11) is 1.41. The van der Waals surface area contributed by atoms with Crippen LogP contribution in [0.15, 0.2) is 12.1 Å². The first-order valence-corrected chi connectivity index (χ1v) is 5.97. The van der Waals surface area contributed by atoms with Gasteiger partial charge in [-0.2, -0.15) is 0 Å². The van der Waals surface area contributed by atoms with Crippen molar-refractivity contribution in [3.05, 3.63) is 17.8 Å². The Hall–Kier alpha value is -2.64. The van der Waals surface area contributed by atoms with E-state index in [1.165, 1.54) is 19.2 Å². The number of carboxylic acids is 1. The number of imide groups is 1. The van der Waals surface area contributed by atoms with E-state index in [4.69, 9.17) is 10.8 Å². The van der Waals surface area contributed by atoms with Gasteiger partial charge in [-0.05, 0) is 18.6 Å². The standard InChI is InChI=1S/C12H14N4O4/c1-16-9(17)5-4-7(11(16)18)14-10-6(13)2-3-8(15-10)12(19)20/h2-3,7H,4-5,13H2,1H3,(H,14,15)(H,19,20). The van der Waals surface area contributed by atoms with Gasteiger partial charge < -0.3 is 16.2 Å². The molecular weight excluding hydrogens is 264 g/mol. The molecule has 1 saturated heterocycles. The summed E-state index contributed by atoms with van der Waals surface area (Å²) in [6, 6.07) is 2.04. The topological polar surface area (TPSA) is 126 Å². The number of carboxylic acid groups (broad SMARTS) is 1. The zero-order valence-electron chi connectivity index (χ0n) is 10.8. The maximum Gasteiger partial charge on any atom is 0.354 e. The molecule has 1 fully saturated rings. The summed E-state index contributed by atoms with van der Waals surface area (Å²) in [6.45, 7) is 0. The van der Waals surface area contributed by atoms with E-state index in [0.29, 0.717) is 6.42 Å². The Labute approximate surface area is 114 Å². The fourth-order valence-corrected chi connectivity index (χ4v) is 1.92. The molecule has 20 heavy (non-hydrogen) atoms. The van der Waals surface area contributed by atoms with Gasteiger partial charge in [-0.1, -0.05) is 0 Å². The van der Waals surface area contributed by atoms with Gasteiger partial charge in [0.15, 0.2) is 11.5 Å². The van der Waals surface area contributed by atoms with E-state index >= 15 is 0 Å². The van der Waals surface area contributed by atoms with Crippen LogP contribution in [0.1, 0.15) is 23.3 Å². The third-order valence-electron chi connectivity index (χ3n) is 3.11. The summed E-state index contributed by atoms with van der Waals surface area (Å²) in [5.74, 6) is -1.68. The van der Waals surface area contributed by atoms with E-state index in [9.17, 15) is 14.4 Å². The highest BCUT2D eigenvalue weighted by Gasteiger charge is 2.32. The zero-order valence-corrected chi connectivity index (χ0v) is 10.8. The molecule has 0 radical (unpaired) electrons. The number of hydrogen-bond acceptors (Lipinski definition) is 6. The predicted molar refractivity (Wildman–Crippen MR) is 70.0 cm³/mol. The zero-order chi connectivity index (χ0) is 14.9. The number of aromatic nitrogens is 1. The van der Waals surface area contributed by atoms with Gasteiger partial charge in [-0.3, -0.25) is 14.5 Å². The monoisotopic (exact) mass is 278 g/mol. The molecule has 0 spiro atoms. The van der Waals surface area contributed by atoms with Crippen LogP contribution in [-0.4, -0.2) is 45.9 Å². The first-order valence-electron chi connectivity index (χ1n) is 5.97. The SMILES string of the molecule is CN1C(=O)CCC(Nc2nc(C(=O)O)ccc2N)C1=O. The summed E-state index contributed by atoms with van der Waals surface area (Å²) in [6.07, 6.45) is 0.554. The van der Waals surface area contributed by atoms with Crippen LogP contribution in [0, 0.1) is 0 Å². The van der Waals surface area contributed by atoms with Crippen molar-refractivity contribution < 1.29 is 19.5 Å². The van der Waals surface area contributed by atoms with Crippen LogP contribution in [-0.2, 0) is 9.59 Å². The number of aromatic carboxylic acids is 1. The minimum Gasteiger partial charge on any atom is -0.477 e. The molecule has 1 aromatic heterocycles. The van der Waals surface area contributed by atoms with Crippen LogP contribution in [0.5, 0.6) is 0 Å². The second-order valence-corrected chi connectivity index (χ2v) is 4.47.